The average molecular weight is 277 g/mol. The Kier molecular flexibility index (Phi) is 3.67. The zero-order valence-electron chi connectivity index (χ0n) is 11.6. The SMILES string of the molecule is CO[C@H]1COC2(CCN(C(=O)c3ccnnc3)CC2)C1. The lowest BCUT2D eigenvalue weighted by Gasteiger charge is -2.38. The normalized spacial score (nSPS) is 25.1. The van der Waals surface area contributed by atoms with Gasteiger partial charge in [-0.2, -0.15) is 10.2 Å². The van der Waals surface area contributed by atoms with Crippen molar-refractivity contribution < 1.29 is 14.3 Å². The molecule has 20 heavy (non-hydrogen) atoms. The molecule has 0 unspecified atom stereocenters. The number of rotatable bonds is 2. The molecule has 1 aromatic heterocycles. The number of amides is 1. The maximum atomic E-state index is 12.3. The molecule has 0 N–H and O–H groups in total. The Morgan fingerprint density at radius 1 is 1.45 bits per heavy atom. The van der Waals surface area contributed by atoms with E-state index in [9.17, 15) is 4.79 Å². The fourth-order valence-electron chi connectivity index (χ4n) is 3.02. The molecule has 0 saturated carbocycles. The first kappa shape index (κ1) is 13.5. The Labute approximate surface area is 118 Å². The van der Waals surface area contributed by atoms with Gasteiger partial charge in [0.05, 0.1) is 36.3 Å². The lowest BCUT2D eigenvalue weighted by atomic mass is 9.88. The van der Waals surface area contributed by atoms with Gasteiger partial charge in [0.2, 0.25) is 0 Å². The van der Waals surface area contributed by atoms with Crippen molar-refractivity contribution in [2.75, 3.05) is 26.8 Å². The maximum Gasteiger partial charge on any atom is 0.255 e. The maximum absolute atomic E-state index is 12.3. The molecule has 0 bridgehead atoms. The Bertz CT molecular complexity index is 472. The van der Waals surface area contributed by atoms with Crippen molar-refractivity contribution in [3.05, 3.63) is 24.0 Å². The molecular formula is C14H19N3O3. The van der Waals surface area contributed by atoms with Crippen LogP contribution in [0, 0.1) is 0 Å². The van der Waals surface area contributed by atoms with E-state index >= 15 is 0 Å². The van der Waals surface area contributed by atoms with E-state index in [-0.39, 0.29) is 17.6 Å². The first-order valence-electron chi connectivity index (χ1n) is 6.95. The van der Waals surface area contributed by atoms with E-state index in [1.165, 1.54) is 6.20 Å². The van der Waals surface area contributed by atoms with Crippen LogP contribution in [0.4, 0.5) is 0 Å². The van der Waals surface area contributed by atoms with Crippen LogP contribution >= 0.6 is 0 Å². The smallest absolute Gasteiger partial charge is 0.255 e. The minimum Gasteiger partial charge on any atom is -0.379 e. The zero-order valence-corrected chi connectivity index (χ0v) is 11.6. The minimum absolute atomic E-state index is 0.0241. The first-order chi connectivity index (χ1) is 9.72. The summed E-state index contributed by atoms with van der Waals surface area (Å²) in [6, 6.07) is 1.70. The molecule has 6 heteroatoms. The van der Waals surface area contributed by atoms with Gasteiger partial charge in [-0.1, -0.05) is 0 Å². The third-order valence-electron chi connectivity index (χ3n) is 4.30. The number of carbonyl (C=O) groups is 1. The van der Waals surface area contributed by atoms with Gasteiger partial charge >= 0.3 is 0 Å². The van der Waals surface area contributed by atoms with Gasteiger partial charge in [0, 0.05) is 26.6 Å². The van der Waals surface area contributed by atoms with Crippen molar-refractivity contribution in [1.29, 1.82) is 0 Å². The van der Waals surface area contributed by atoms with E-state index in [2.05, 4.69) is 10.2 Å². The van der Waals surface area contributed by atoms with Crippen LogP contribution in [-0.4, -0.2) is 59.5 Å². The molecule has 0 radical (unpaired) electrons. The molecule has 1 amide bonds. The summed E-state index contributed by atoms with van der Waals surface area (Å²) >= 11 is 0. The predicted molar refractivity (Wildman–Crippen MR) is 71.3 cm³/mol. The molecule has 108 valence electrons. The van der Waals surface area contributed by atoms with Crippen LogP contribution in [0.15, 0.2) is 18.5 Å². The molecular weight excluding hydrogens is 258 g/mol. The fourth-order valence-corrected chi connectivity index (χ4v) is 3.02. The molecule has 1 aromatic rings. The van der Waals surface area contributed by atoms with E-state index in [0.717, 1.165) is 32.4 Å². The third-order valence-corrected chi connectivity index (χ3v) is 4.30. The van der Waals surface area contributed by atoms with Crippen LogP contribution in [-0.2, 0) is 9.47 Å². The van der Waals surface area contributed by atoms with Crippen LogP contribution in [0.25, 0.3) is 0 Å². The minimum atomic E-state index is -0.0893. The Morgan fingerprint density at radius 3 is 2.85 bits per heavy atom. The molecule has 1 atom stereocenters. The molecule has 3 rings (SSSR count). The molecule has 1 spiro atoms. The number of carbonyl (C=O) groups excluding carboxylic acids is 1. The summed E-state index contributed by atoms with van der Waals surface area (Å²) in [5, 5.41) is 7.45. The van der Waals surface area contributed by atoms with E-state index in [0.29, 0.717) is 12.2 Å². The highest BCUT2D eigenvalue weighted by atomic mass is 16.6. The largest absolute Gasteiger partial charge is 0.379 e. The van der Waals surface area contributed by atoms with E-state index < -0.39 is 0 Å². The molecule has 2 fully saturated rings. The first-order valence-corrected chi connectivity index (χ1v) is 6.95. The second-order valence-electron chi connectivity index (χ2n) is 5.48. The van der Waals surface area contributed by atoms with Crippen molar-refractivity contribution in [3.8, 4) is 0 Å². The van der Waals surface area contributed by atoms with Gasteiger partial charge in [-0.05, 0) is 18.9 Å². The lowest BCUT2D eigenvalue weighted by Crippen LogP contribution is -2.46. The topological polar surface area (TPSA) is 64.6 Å². The lowest BCUT2D eigenvalue weighted by molar-refractivity contribution is -0.0402. The van der Waals surface area contributed by atoms with Crippen LogP contribution in [0.3, 0.4) is 0 Å². The predicted octanol–water partition coefficient (Wildman–Crippen LogP) is 0.887. The summed E-state index contributed by atoms with van der Waals surface area (Å²) < 4.78 is 11.3. The summed E-state index contributed by atoms with van der Waals surface area (Å²) in [6.45, 7) is 2.11. The van der Waals surface area contributed by atoms with E-state index in [1.807, 2.05) is 4.90 Å². The highest BCUT2D eigenvalue weighted by molar-refractivity contribution is 5.93. The van der Waals surface area contributed by atoms with Gasteiger partial charge in [0.15, 0.2) is 0 Å². The Hall–Kier alpha value is -1.53. The molecule has 0 aromatic carbocycles. The number of hydrogen-bond donors (Lipinski definition) is 0. The van der Waals surface area contributed by atoms with Gasteiger partial charge in [0.1, 0.15) is 0 Å². The number of piperidine rings is 1. The van der Waals surface area contributed by atoms with Crippen molar-refractivity contribution in [2.45, 2.75) is 31.0 Å². The number of aromatic nitrogens is 2. The monoisotopic (exact) mass is 277 g/mol. The van der Waals surface area contributed by atoms with Gasteiger partial charge in [-0.15, -0.1) is 0 Å². The molecule has 2 saturated heterocycles. The highest BCUT2D eigenvalue weighted by Crippen LogP contribution is 2.36. The number of methoxy groups -OCH3 is 1. The van der Waals surface area contributed by atoms with Crippen molar-refractivity contribution in [2.24, 2.45) is 0 Å². The van der Waals surface area contributed by atoms with Crippen LogP contribution < -0.4 is 0 Å². The molecule has 0 aliphatic carbocycles. The van der Waals surface area contributed by atoms with Gasteiger partial charge in [-0.25, -0.2) is 0 Å². The standard InChI is InChI=1S/C14H19N3O3/c1-19-12-8-14(20-10-12)3-6-17(7-4-14)13(18)11-2-5-15-16-9-11/h2,5,9,12H,3-4,6-8,10H2,1H3/t12-/m1/s1. The average Bonchev–Trinajstić information content (AvgIpc) is 2.91. The highest BCUT2D eigenvalue weighted by Gasteiger charge is 2.43. The summed E-state index contributed by atoms with van der Waals surface area (Å²) in [4.78, 5) is 14.2. The van der Waals surface area contributed by atoms with E-state index in [4.69, 9.17) is 9.47 Å². The number of ether oxygens (including phenoxy) is 2. The van der Waals surface area contributed by atoms with Crippen molar-refractivity contribution in [1.82, 2.24) is 15.1 Å². The zero-order chi connectivity index (χ0) is 14.0. The Balaban J connectivity index is 1.60. The molecule has 6 nitrogen and oxygen atoms in total. The van der Waals surface area contributed by atoms with Gasteiger partial charge in [-0.3, -0.25) is 4.79 Å². The van der Waals surface area contributed by atoms with Crippen molar-refractivity contribution in [3.63, 3.8) is 0 Å². The summed E-state index contributed by atoms with van der Waals surface area (Å²) in [5.41, 5.74) is 0.506. The quantitative estimate of drug-likeness (QED) is 0.803. The third kappa shape index (κ3) is 2.53. The number of hydrogen-bond acceptors (Lipinski definition) is 5. The summed E-state index contributed by atoms with van der Waals surface area (Å²) in [7, 11) is 1.72. The fraction of sp³-hybridized carbons (Fsp3) is 0.643. The number of likely N-dealkylation sites (tertiary alicyclic amines) is 1. The second-order valence-corrected chi connectivity index (χ2v) is 5.48. The Morgan fingerprint density at radius 2 is 2.25 bits per heavy atom. The van der Waals surface area contributed by atoms with Gasteiger partial charge < -0.3 is 14.4 Å². The van der Waals surface area contributed by atoms with Crippen LogP contribution in [0.1, 0.15) is 29.6 Å². The summed E-state index contributed by atoms with van der Waals surface area (Å²) in [6.07, 6.45) is 5.93. The van der Waals surface area contributed by atoms with Gasteiger partial charge in [0.25, 0.3) is 5.91 Å². The molecule has 2 aliphatic heterocycles. The van der Waals surface area contributed by atoms with Crippen LogP contribution in [0.5, 0.6) is 0 Å². The van der Waals surface area contributed by atoms with Crippen LogP contribution in [0.2, 0.25) is 0 Å². The molecule has 2 aliphatic rings. The molecule has 3 heterocycles. The second kappa shape index (κ2) is 5.46. The number of nitrogens with zero attached hydrogens (tertiary/aromatic N) is 3. The van der Waals surface area contributed by atoms with Crippen molar-refractivity contribution >= 4 is 5.91 Å². The summed E-state index contributed by atoms with van der Waals surface area (Å²) in [5.74, 6) is 0.0241. The van der Waals surface area contributed by atoms with E-state index in [1.54, 1.807) is 19.4 Å².